The van der Waals surface area contributed by atoms with Gasteiger partial charge >= 0.3 is 0 Å². The van der Waals surface area contributed by atoms with E-state index in [9.17, 15) is 14.4 Å². The highest BCUT2D eigenvalue weighted by Crippen LogP contribution is 2.37. The predicted molar refractivity (Wildman–Crippen MR) is 153 cm³/mol. The van der Waals surface area contributed by atoms with E-state index in [4.69, 9.17) is 39.5 Å². The zero-order valence-electron chi connectivity index (χ0n) is 20.0. The number of benzene rings is 4. The number of amides is 3. The van der Waals surface area contributed by atoms with Crippen LogP contribution in [0.4, 0.5) is 17.1 Å². The van der Waals surface area contributed by atoms with Gasteiger partial charge in [0.25, 0.3) is 17.7 Å². The van der Waals surface area contributed by atoms with Crippen molar-refractivity contribution in [1.82, 2.24) is 0 Å². The highest BCUT2D eigenvalue weighted by molar-refractivity contribution is 6.54. The Morgan fingerprint density at radius 1 is 0.692 bits per heavy atom. The number of nitrogens with one attached hydrogen (secondary N) is 2. The van der Waals surface area contributed by atoms with E-state index in [0.717, 1.165) is 4.90 Å². The number of rotatable bonds is 7. The van der Waals surface area contributed by atoms with E-state index in [1.54, 1.807) is 60.7 Å². The van der Waals surface area contributed by atoms with Crippen LogP contribution in [-0.4, -0.2) is 17.7 Å². The quantitative estimate of drug-likeness (QED) is 0.222. The number of hydrogen-bond acceptors (Lipinski definition) is 5. The highest BCUT2D eigenvalue weighted by Gasteiger charge is 2.40. The van der Waals surface area contributed by atoms with Gasteiger partial charge in [-0.1, -0.05) is 59.1 Å². The van der Waals surface area contributed by atoms with Crippen LogP contribution in [0.3, 0.4) is 0 Å². The SMILES string of the molecule is O=C(Nc1ccc(Oc2ccccc2)cc1)c1ccc(NC2=C(Cl)C(=O)N(c3cccc(Cl)c3Cl)C2=O)cc1. The van der Waals surface area contributed by atoms with Crippen LogP contribution in [0.2, 0.25) is 10.0 Å². The normalized spacial score (nSPS) is 13.1. The van der Waals surface area contributed by atoms with Crippen molar-refractivity contribution in [3.8, 4) is 11.5 Å². The molecule has 0 bridgehead atoms. The molecule has 3 amide bonds. The molecule has 1 aliphatic rings. The van der Waals surface area contributed by atoms with Crippen LogP contribution in [0, 0.1) is 0 Å². The van der Waals surface area contributed by atoms with Crippen molar-refractivity contribution < 1.29 is 19.1 Å². The van der Waals surface area contributed by atoms with Gasteiger partial charge in [0.15, 0.2) is 0 Å². The van der Waals surface area contributed by atoms with Gasteiger partial charge in [0.1, 0.15) is 22.2 Å². The second-order valence-electron chi connectivity index (χ2n) is 8.30. The molecule has 2 N–H and O–H groups in total. The number of carbonyl (C=O) groups is 3. The Morgan fingerprint density at radius 3 is 2.03 bits per heavy atom. The maximum absolute atomic E-state index is 13.0. The van der Waals surface area contributed by atoms with Gasteiger partial charge in [0, 0.05) is 16.9 Å². The summed E-state index contributed by atoms with van der Waals surface area (Å²) >= 11 is 18.4. The largest absolute Gasteiger partial charge is 0.457 e. The van der Waals surface area contributed by atoms with Crippen molar-refractivity contribution in [3.05, 3.63) is 123 Å². The molecule has 5 rings (SSSR count). The predicted octanol–water partition coefficient (Wildman–Crippen LogP) is 7.47. The minimum Gasteiger partial charge on any atom is -0.457 e. The van der Waals surface area contributed by atoms with Gasteiger partial charge in [-0.15, -0.1) is 0 Å². The molecule has 0 spiro atoms. The number of hydrogen-bond donors (Lipinski definition) is 2. The van der Waals surface area contributed by atoms with E-state index in [1.807, 2.05) is 30.3 Å². The lowest BCUT2D eigenvalue weighted by Gasteiger charge is -2.17. The molecule has 4 aromatic carbocycles. The number of ether oxygens (including phenoxy) is 1. The summed E-state index contributed by atoms with van der Waals surface area (Å²) in [4.78, 5) is 39.3. The van der Waals surface area contributed by atoms with Gasteiger partial charge in [-0.3, -0.25) is 14.4 Å². The fourth-order valence-electron chi connectivity index (χ4n) is 3.78. The number of anilines is 3. The molecule has 39 heavy (non-hydrogen) atoms. The molecular weight excluding hydrogens is 561 g/mol. The third-order valence-electron chi connectivity index (χ3n) is 5.71. The summed E-state index contributed by atoms with van der Waals surface area (Å²) in [5.41, 5.74) is 1.43. The van der Waals surface area contributed by atoms with E-state index >= 15 is 0 Å². The first-order valence-corrected chi connectivity index (χ1v) is 12.7. The van der Waals surface area contributed by atoms with Crippen LogP contribution < -0.4 is 20.3 Å². The molecule has 0 aliphatic carbocycles. The number of carbonyl (C=O) groups excluding carboxylic acids is 3. The number of nitrogens with zero attached hydrogens (tertiary/aromatic N) is 1. The Labute approximate surface area is 238 Å². The second-order valence-corrected chi connectivity index (χ2v) is 9.47. The lowest BCUT2D eigenvalue weighted by atomic mass is 10.2. The summed E-state index contributed by atoms with van der Waals surface area (Å²) < 4.78 is 5.76. The summed E-state index contributed by atoms with van der Waals surface area (Å²) in [6, 6.07) is 27.3. The molecule has 0 unspecified atom stereocenters. The summed E-state index contributed by atoms with van der Waals surface area (Å²) in [5.74, 6) is -0.395. The zero-order valence-corrected chi connectivity index (χ0v) is 22.2. The van der Waals surface area contributed by atoms with Crippen molar-refractivity contribution in [3.63, 3.8) is 0 Å². The van der Waals surface area contributed by atoms with Crippen LogP contribution >= 0.6 is 34.8 Å². The van der Waals surface area contributed by atoms with Gasteiger partial charge in [0.05, 0.1) is 15.7 Å². The molecule has 194 valence electrons. The van der Waals surface area contributed by atoms with Crippen molar-refractivity contribution in [2.24, 2.45) is 0 Å². The van der Waals surface area contributed by atoms with Gasteiger partial charge in [0.2, 0.25) is 0 Å². The average Bonchev–Trinajstić information content (AvgIpc) is 3.15. The van der Waals surface area contributed by atoms with E-state index < -0.39 is 11.8 Å². The van der Waals surface area contributed by atoms with Gasteiger partial charge < -0.3 is 15.4 Å². The molecule has 0 saturated heterocycles. The Morgan fingerprint density at radius 2 is 1.33 bits per heavy atom. The molecule has 0 radical (unpaired) electrons. The molecule has 0 aromatic heterocycles. The second kappa shape index (κ2) is 11.2. The van der Waals surface area contributed by atoms with Crippen LogP contribution in [-0.2, 0) is 9.59 Å². The maximum Gasteiger partial charge on any atom is 0.283 e. The molecule has 0 fully saturated rings. The molecule has 0 atom stereocenters. The maximum atomic E-state index is 13.0. The third kappa shape index (κ3) is 5.61. The monoisotopic (exact) mass is 577 g/mol. The summed E-state index contributed by atoms with van der Waals surface area (Å²) in [6.45, 7) is 0. The smallest absolute Gasteiger partial charge is 0.283 e. The first-order chi connectivity index (χ1) is 18.8. The van der Waals surface area contributed by atoms with Crippen molar-refractivity contribution in [1.29, 1.82) is 0 Å². The Kier molecular flexibility index (Phi) is 7.56. The van der Waals surface area contributed by atoms with Gasteiger partial charge in [-0.05, 0) is 72.8 Å². The molecule has 7 nitrogen and oxygen atoms in total. The van der Waals surface area contributed by atoms with E-state index in [-0.39, 0.29) is 32.4 Å². The molecule has 4 aromatic rings. The Bertz CT molecular complexity index is 1610. The lowest BCUT2D eigenvalue weighted by Crippen LogP contribution is -2.32. The third-order valence-corrected chi connectivity index (χ3v) is 6.87. The molecule has 10 heteroatoms. The van der Waals surface area contributed by atoms with Crippen LogP contribution in [0.1, 0.15) is 10.4 Å². The van der Waals surface area contributed by atoms with E-state index in [2.05, 4.69) is 10.6 Å². The van der Waals surface area contributed by atoms with Gasteiger partial charge in [-0.25, -0.2) is 4.90 Å². The lowest BCUT2D eigenvalue weighted by molar-refractivity contribution is -0.120. The minimum absolute atomic E-state index is 0.0558. The average molecular weight is 579 g/mol. The minimum atomic E-state index is -0.732. The van der Waals surface area contributed by atoms with E-state index in [1.165, 1.54) is 6.07 Å². The summed E-state index contributed by atoms with van der Waals surface area (Å²) in [5, 5.41) is 5.64. The van der Waals surface area contributed by atoms with Gasteiger partial charge in [-0.2, -0.15) is 0 Å². The number of halogens is 3. The topological polar surface area (TPSA) is 87.7 Å². The van der Waals surface area contributed by atoms with E-state index in [0.29, 0.717) is 28.4 Å². The summed E-state index contributed by atoms with van der Waals surface area (Å²) in [7, 11) is 0. The highest BCUT2D eigenvalue weighted by atomic mass is 35.5. The van der Waals surface area contributed by atoms with Crippen LogP contribution in [0.25, 0.3) is 0 Å². The molecular formula is C29H18Cl3N3O4. The van der Waals surface area contributed by atoms with Crippen molar-refractivity contribution in [2.75, 3.05) is 15.5 Å². The standard InChI is InChI=1S/C29H18Cl3N3O4/c30-22-7-4-8-23(24(22)31)35-28(37)25(32)26(29(35)38)33-18-11-9-17(10-12-18)27(36)34-19-13-15-21(16-14-19)39-20-5-2-1-3-6-20/h1-16,33H,(H,34,36). The fourth-order valence-corrected chi connectivity index (χ4v) is 4.37. The van der Waals surface area contributed by atoms with Crippen molar-refractivity contribution >= 4 is 69.6 Å². The first kappa shape index (κ1) is 26.3. The molecule has 0 saturated carbocycles. The van der Waals surface area contributed by atoms with Crippen LogP contribution in [0.15, 0.2) is 108 Å². The Hall–Kier alpha value is -4.30. The Balaban J connectivity index is 1.23. The summed E-state index contributed by atoms with van der Waals surface area (Å²) in [6.07, 6.45) is 0. The van der Waals surface area contributed by atoms with Crippen molar-refractivity contribution in [2.45, 2.75) is 0 Å². The number of para-hydroxylation sites is 1. The first-order valence-electron chi connectivity index (χ1n) is 11.6. The zero-order chi connectivity index (χ0) is 27.5. The molecule has 1 aliphatic heterocycles. The fraction of sp³-hybridized carbons (Fsp3) is 0. The van der Waals surface area contributed by atoms with Crippen LogP contribution in [0.5, 0.6) is 11.5 Å². The number of imide groups is 1. The molecule has 1 heterocycles.